The van der Waals surface area contributed by atoms with Gasteiger partial charge in [0.1, 0.15) is 0 Å². The number of halogens is 3. The Bertz CT molecular complexity index is 1170. The predicted molar refractivity (Wildman–Crippen MR) is 127 cm³/mol. The van der Waals surface area contributed by atoms with Crippen LogP contribution in [0.15, 0.2) is 46.8 Å². The fourth-order valence-corrected chi connectivity index (χ4v) is 5.91. The molecule has 2 aromatic carbocycles. The molecule has 0 radical (unpaired) electrons. The summed E-state index contributed by atoms with van der Waals surface area (Å²) in [7, 11) is -3.84. The third-order valence-corrected chi connectivity index (χ3v) is 8.29. The molecule has 164 valence electrons. The lowest BCUT2D eigenvalue weighted by Gasteiger charge is -2.06. The van der Waals surface area contributed by atoms with Gasteiger partial charge in [-0.3, -0.25) is 10.1 Å². The first kappa shape index (κ1) is 24.2. The van der Waals surface area contributed by atoms with Crippen LogP contribution >= 0.6 is 57.9 Å². The summed E-state index contributed by atoms with van der Waals surface area (Å²) in [5.41, 5.74) is 1.28. The van der Waals surface area contributed by atoms with Crippen LogP contribution in [0.25, 0.3) is 0 Å². The van der Waals surface area contributed by atoms with Gasteiger partial charge in [0.15, 0.2) is 0 Å². The van der Waals surface area contributed by atoms with Gasteiger partial charge < -0.3 is 0 Å². The van der Waals surface area contributed by atoms with E-state index in [-0.39, 0.29) is 16.0 Å². The summed E-state index contributed by atoms with van der Waals surface area (Å²) in [5, 5.41) is 11.6. The van der Waals surface area contributed by atoms with Gasteiger partial charge in [0.25, 0.3) is 15.9 Å². The highest BCUT2D eigenvalue weighted by Crippen LogP contribution is 2.25. The van der Waals surface area contributed by atoms with E-state index in [2.05, 4.69) is 20.2 Å². The maximum Gasteiger partial charge on any atom is 0.269 e. The maximum absolute atomic E-state index is 12.4. The van der Waals surface area contributed by atoms with E-state index < -0.39 is 15.9 Å². The first-order chi connectivity index (χ1) is 14.7. The molecule has 7 nitrogen and oxygen atoms in total. The third-order valence-electron chi connectivity index (χ3n) is 3.77. The average molecular weight is 538 g/mol. The van der Waals surface area contributed by atoms with Crippen molar-refractivity contribution in [3.63, 3.8) is 0 Å². The number of sulfonamides is 1. The Morgan fingerprint density at radius 2 is 1.74 bits per heavy atom. The zero-order valence-corrected chi connectivity index (χ0v) is 20.4. The topological polar surface area (TPSA) is 101 Å². The van der Waals surface area contributed by atoms with E-state index in [1.807, 2.05) is 6.07 Å². The highest BCUT2D eigenvalue weighted by atomic mass is 35.5. The Kier molecular flexibility index (Phi) is 8.57. The summed E-state index contributed by atoms with van der Waals surface area (Å²) in [6.45, 7) is 0.199. The van der Waals surface area contributed by atoms with Crippen LogP contribution in [0, 0.1) is 0 Å². The molecule has 1 amide bonds. The molecule has 3 aromatic rings. The Labute approximate surface area is 202 Å². The molecule has 0 spiro atoms. The Morgan fingerprint density at radius 3 is 2.45 bits per heavy atom. The van der Waals surface area contributed by atoms with E-state index >= 15 is 0 Å². The van der Waals surface area contributed by atoms with Crippen molar-refractivity contribution in [2.45, 2.75) is 10.1 Å². The van der Waals surface area contributed by atoms with Gasteiger partial charge in [-0.25, -0.2) is 13.1 Å². The molecule has 0 aliphatic carbocycles. The van der Waals surface area contributed by atoms with Gasteiger partial charge in [-0.15, -0.1) is 10.2 Å². The Hall–Kier alpha value is -1.40. The molecule has 0 bridgehead atoms. The molecular weight excluding hydrogens is 523 g/mol. The zero-order valence-electron chi connectivity index (χ0n) is 15.6. The largest absolute Gasteiger partial charge is 0.296 e. The number of thioether (sulfide) groups is 1. The van der Waals surface area contributed by atoms with Crippen LogP contribution in [0.2, 0.25) is 15.1 Å². The number of rotatable bonds is 9. The van der Waals surface area contributed by atoms with E-state index in [1.54, 1.807) is 36.4 Å². The van der Waals surface area contributed by atoms with E-state index in [9.17, 15) is 13.2 Å². The smallest absolute Gasteiger partial charge is 0.269 e. The van der Waals surface area contributed by atoms with Crippen molar-refractivity contribution in [1.82, 2.24) is 14.9 Å². The van der Waals surface area contributed by atoms with E-state index in [4.69, 9.17) is 34.8 Å². The van der Waals surface area contributed by atoms with Gasteiger partial charge in [-0.05, 0) is 42.0 Å². The summed E-state index contributed by atoms with van der Waals surface area (Å²) in [4.78, 5) is 12.2. The van der Waals surface area contributed by atoms with Crippen LogP contribution in [0.3, 0.4) is 0 Å². The molecule has 0 atom stereocenters. The lowest BCUT2D eigenvalue weighted by Crippen LogP contribution is -2.26. The number of hydrogen-bond acceptors (Lipinski definition) is 7. The normalized spacial score (nSPS) is 11.5. The minimum atomic E-state index is -3.84. The molecule has 0 saturated carbocycles. The molecule has 0 fully saturated rings. The average Bonchev–Trinajstić information content (AvgIpc) is 3.19. The molecule has 1 heterocycles. The van der Waals surface area contributed by atoms with Crippen LogP contribution < -0.4 is 10.0 Å². The number of nitrogens with zero attached hydrogens (tertiary/aromatic N) is 2. The van der Waals surface area contributed by atoms with Gasteiger partial charge >= 0.3 is 0 Å². The van der Waals surface area contributed by atoms with E-state index in [0.717, 1.165) is 16.9 Å². The number of nitrogens with one attached hydrogen (secondary N) is 2. The van der Waals surface area contributed by atoms with Crippen LogP contribution in [0.1, 0.15) is 15.9 Å². The molecule has 31 heavy (non-hydrogen) atoms. The highest BCUT2D eigenvalue weighted by molar-refractivity contribution is 7.98. The SMILES string of the molecule is O=C(Nc1nnc(S(=O)(=O)NCCSCc2ccc(Cl)cc2Cl)s1)c1ccc(Cl)cc1. The van der Waals surface area contributed by atoms with Crippen molar-refractivity contribution in [3.05, 3.63) is 68.7 Å². The van der Waals surface area contributed by atoms with Crippen molar-refractivity contribution in [2.75, 3.05) is 17.6 Å². The minimum absolute atomic E-state index is 0.0760. The van der Waals surface area contributed by atoms with Gasteiger partial charge in [0, 0.05) is 38.7 Å². The molecule has 0 unspecified atom stereocenters. The van der Waals surface area contributed by atoms with Gasteiger partial charge in [-0.1, -0.05) is 52.2 Å². The second-order valence-corrected chi connectivity index (χ2v) is 11.3. The molecule has 1 aromatic heterocycles. The standard InChI is InChI=1S/C18H15Cl3N4O3S3/c19-13-4-1-11(2-5-13)16(26)23-17-24-25-18(30-17)31(27,28)22-7-8-29-10-12-3-6-14(20)9-15(12)21/h1-6,9,22H,7-8,10H2,(H,23,24,26). The molecule has 0 aliphatic rings. The number of hydrogen-bond donors (Lipinski definition) is 2. The highest BCUT2D eigenvalue weighted by Gasteiger charge is 2.20. The first-order valence-electron chi connectivity index (χ1n) is 8.66. The van der Waals surface area contributed by atoms with Crippen LogP contribution in [-0.2, 0) is 15.8 Å². The number of carbonyl (C=O) groups is 1. The van der Waals surface area contributed by atoms with Crippen molar-refractivity contribution in [2.24, 2.45) is 0 Å². The van der Waals surface area contributed by atoms with Crippen LogP contribution in [-0.4, -0.2) is 36.8 Å². The van der Waals surface area contributed by atoms with Crippen molar-refractivity contribution < 1.29 is 13.2 Å². The molecular formula is C18H15Cl3N4O3S3. The van der Waals surface area contributed by atoms with Crippen molar-refractivity contribution in [3.8, 4) is 0 Å². The quantitative estimate of drug-likeness (QED) is 0.295. The summed E-state index contributed by atoms with van der Waals surface area (Å²) in [6, 6.07) is 11.5. The fourth-order valence-electron chi connectivity index (χ4n) is 2.27. The Morgan fingerprint density at radius 1 is 1.03 bits per heavy atom. The lowest BCUT2D eigenvalue weighted by atomic mass is 10.2. The fraction of sp³-hybridized carbons (Fsp3) is 0.167. The molecule has 0 aliphatic heterocycles. The zero-order chi connectivity index (χ0) is 22.4. The second-order valence-electron chi connectivity index (χ2n) is 6.02. The number of aromatic nitrogens is 2. The third kappa shape index (κ3) is 7.04. The second kappa shape index (κ2) is 11.0. The van der Waals surface area contributed by atoms with Crippen LogP contribution in [0.5, 0.6) is 0 Å². The number of benzene rings is 2. The van der Waals surface area contributed by atoms with Crippen LogP contribution in [0.4, 0.5) is 5.13 Å². The maximum atomic E-state index is 12.4. The minimum Gasteiger partial charge on any atom is -0.296 e. The summed E-state index contributed by atoms with van der Waals surface area (Å²) in [5.74, 6) is 0.705. The van der Waals surface area contributed by atoms with E-state index in [0.29, 0.717) is 32.1 Å². The molecule has 3 rings (SSSR count). The summed E-state index contributed by atoms with van der Waals surface area (Å²) in [6.07, 6.45) is 0. The number of anilines is 1. The monoisotopic (exact) mass is 536 g/mol. The van der Waals surface area contributed by atoms with Crippen molar-refractivity contribution >= 4 is 79.0 Å². The van der Waals surface area contributed by atoms with Gasteiger partial charge in [0.05, 0.1) is 0 Å². The molecule has 2 N–H and O–H groups in total. The van der Waals surface area contributed by atoms with E-state index in [1.165, 1.54) is 11.8 Å². The van der Waals surface area contributed by atoms with Gasteiger partial charge in [-0.2, -0.15) is 11.8 Å². The molecule has 13 heteroatoms. The summed E-state index contributed by atoms with van der Waals surface area (Å²) >= 11 is 20.1. The van der Waals surface area contributed by atoms with Crippen molar-refractivity contribution in [1.29, 1.82) is 0 Å². The first-order valence-corrected chi connectivity index (χ1v) is 13.3. The number of amides is 1. The predicted octanol–water partition coefficient (Wildman–Crippen LogP) is 4.96. The lowest BCUT2D eigenvalue weighted by molar-refractivity contribution is 0.102. The Balaban J connectivity index is 1.48. The summed E-state index contributed by atoms with van der Waals surface area (Å²) < 4.78 is 27.0. The molecule has 0 saturated heterocycles. The van der Waals surface area contributed by atoms with Gasteiger partial charge in [0.2, 0.25) is 9.47 Å². The number of carbonyl (C=O) groups excluding carboxylic acids is 1.